The number of rotatable bonds is 8. The summed E-state index contributed by atoms with van der Waals surface area (Å²) in [6.45, 7) is 4.91. The van der Waals surface area contributed by atoms with E-state index in [1.165, 1.54) is 11.6 Å². The molecular formula is C30H28N6O2. The normalized spacial score (nSPS) is 13.9. The Labute approximate surface area is 221 Å². The summed E-state index contributed by atoms with van der Waals surface area (Å²) in [5.74, 6) is -0.211. The first-order valence-electron chi connectivity index (χ1n) is 12.5. The van der Waals surface area contributed by atoms with Crippen LogP contribution >= 0.6 is 0 Å². The first-order chi connectivity index (χ1) is 18.7. The Morgan fingerprint density at radius 1 is 1.00 bits per heavy atom. The number of nitriles is 1. The minimum atomic E-state index is -0.211. The molecule has 0 aliphatic carbocycles. The molecule has 8 heteroatoms. The molecule has 1 saturated heterocycles. The van der Waals surface area contributed by atoms with Crippen molar-refractivity contribution >= 4 is 17.7 Å². The van der Waals surface area contributed by atoms with Crippen LogP contribution in [0.4, 0.5) is 5.69 Å². The molecule has 1 amide bonds. The summed E-state index contributed by atoms with van der Waals surface area (Å²) in [7, 11) is 0. The van der Waals surface area contributed by atoms with E-state index < -0.39 is 0 Å². The molecule has 8 nitrogen and oxygen atoms in total. The van der Waals surface area contributed by atoms with Gasteiger partial charge in [-0.15, -0.1) is 0 Å². The third-order valence-electron chi connectivity index (χ3n) is 6.37. The van der Waals surface area contributed by atoms with Crippen molar-refractivity contribution in [3.05, 3.63) is 108 Å². The number of hydrogen-bond donors (Lipinski definition) is 1. The number of benzene rings is 2. The van der Waals surface area contributed by atoms with Gasteiger partial charge in [0.1, 0.15) is 0 Å². The number of aromatic nitrogens is 3. The van der Waals surface area contributed by atoms with Crippen molar-refractivity contribution in [1.82, 2.24) is 19.7 Å². The zero-order valence-electron chi connectivity index (χ0n) is 21.0. The Morgan fingerprint density at radius 2 is 1.74 bits per heavy atom. The molecule has 1 aliphatic rings. The summed E-state index contributed by atoms with van der Waals surface area (Å²) in [5, 5.41) is 16.4. The Kier molecular flexibility index (Phi) is 7.99. The number of pyridine rings is 1. The Morgan fingerprint density at radius 3 is 2.50 bits per heavy atom. The van der Waals surface area contributed by atoms with Crippen LogP contribution in [0.5, 0.6) is 0 Å². The third kappa shape index (κ3) is 6.59. The lowest BCUT2D eigenvalue weighted by molar-refractivity contribution is -0.111. The number of anilines is 1. The molecule has 0 atom stereocenters. The van der Waals surface area contributed by atoms with Gasteiger partial charge in [0.15, 0.2) is 0 Å². The topological polar surface area (TPSA) is 96.1 Å². The highest BCUT2D eigenvalue weighted by atomic mass is 16.5. The van der Waals surface area contributed by atoms with E-state index in [1.807, 2.05) is 53.3 Å². The Bertz CT molecular complexity index is 1450. The maximum absolute atomic E-state index is 12.6. The number of carbonyl (C=O) groups is 1. The molecule has 0 bridgehead atoms. The fourth-order valence-corrected chi connectivity index (χ4v) is 4.32. The minimum absolute atomic E-state index is 0.211. The predicted molar refractivity (Wildman–Crippen MR) is 146 cm³/mol. The quantitative estimate of drug-likeness (QED) is 0.359. The zero-order chi connectivity index (χ0) is 26.2. The van der Waals surface area contributed by atoms with Crippen LogP contribution in [0.2, 0.25) is 0 Å². The van der Waals surface area contributed by atoms with Gasteiger partial charge in [-0.3, -0.25) is 19.4 Å². The first kappa shape index (κ1) is 25.1. The van der Waals surface area contributed by atoms with E-state index in [2.05, 4.69) is 26.4 Å². The highest BCUT2D eigenvalue weighted by molar-refractivity contribution is 6.02. The molecule has 190 valence electrons. The molecule has 0 radical (unpaired) electrons. The van der Waals surface area contributed by atoms with E-state index in [4.69, 9.17) is 10.00 Å². The monoisotopic (exact) mass is 504 g/mol. The van der Waals surface area contributed by atoms with Crippen LogP contribution in [0.1, 0.15) is 22.3 Å². The number of hydrogen-bond acceptors (Lipinski definition) is 6. The van der Waals surface area contributed by atoms with Crippen LogP contribution in [-0.2, 0) is 22.6 Å². The fraction of sp³-hybridized carbons (Fsp3) is 0.200. The molecule has 2 aromatic heterocycles. The van der Waals surface area contributed by atoms with E-state index in [9.17, 15) is 4.79 Å². The van der Waals surface area contributed by atoms with E-state index in [0.717, 1.165) is 60.8 Å². The highest BCUT2D eigenvalue weighted by Gasteiger charge is 2.11. The second-order valence-corrected chi connectivity index (χ2v) is 9.11. The number of nitrogens with one attached hydrogen (secondary N) is 1. The molecule has 4 aromatic rings. The molecule has 2 aromatic carbocycles. The third-order valence-corrected chi connectivity index (χ3v) is 6.37. The molecule has 0 saturated carbocycles. The van der Waals surface area contributed by atoms with Gasteiger partial charge in [0, 0.05) is 61.1 Å². The molecular weight excluding hydrogens is 476 g/mol. The van der Waals surface area contributed by atoms with E-state index in [1.54, 1.807) is 36.8 Å². The van der Waals surface area contributed by atoms with Gasteiger partial charge in [0.25, 0.3) is 0 Å². The lowest BCUT2D eigenvalue weighted by atomic mass is 10.0. The van der Waals surface area contributed by atoms with Crippen LogP contribution in [0, 0.1) is 11.3 Å². The Hall–Kier alpha value is -4.58. The van der Waals surface area contributed by atoms with Gasteiger partial charge >= 0.3 is 0 Å². The smallest absolute Gasteiger partial charge is 0.248 e. The predicted octanol–water partition coefficient (Wildman–Crippen LogP) is 4.35. The minimum Gasteiger partial charge on any atom is -0.379 e. The summed E-state index contributed by atoms with van der Waals surface area (Å²) in [4.78, 5) is 19.2. The number of ether oxygens (including phenoxy) is 1. The maximum Gasteiger partial charge on any atom is 0.248 e. The second kappa shape index (κ2) is 12.1. The summed E-state index contributed by atoms with van der Waals surface area (Å²) >= 11 is 0. The van der Waals surface area contributed by atoms with Crippen LogP contribution in [-0.4, -0.2) is 51.9 Å². The molecule has 0 spiro atoms. The van der Waals surface area contributed by atoms with Gasteiger partial charge in [0.05, 0.1) is 37.6 Å². The number of morpholine rings is 1. The number of carbonyl (C=O) groups excluding carboxylic acids is 1. The second-order valence-electron chi connectivity index (χ2n) is 9.11. The molecule has 5 rings (SSSR count). The van der Waals surface area contributed by atoms with E-state index >= 15 is 0 Å². The Balaban J connectivity index is 1.21. The maximum atomic E-state index is 12.6. The molecule has 0 unspecified atom stereocenters. The summed E-state index contributed by atoms with van der Waals surface area (Å²) < 4.78 is 7.25. The van der Waals surface area contributed by atoms with Crippen molar-refractivity contribution < 1.29 is 9.53 Å². The van der Waals surface area contributed by atoms with Crippen LogP contribution in [0.25, 0.3) is 17.2 Å². The SMILES string of the molecule is N#Cc1ccc(Cn2cc(-c3ccncc3C=CC(=O)Nc3ccc(CN4CCOCC4)cc3)cn2)cc1. The summed E-state index contributed by atoms with van der Waals surface area (Å²) in [5.41, 5.74) is 6.33. The van der Waals surface area contributed by atoms with Crippen LogP contribution in [0.15, 0.2) is 85.5 Å². The molecule has 38 heavy (non-hydrogen) atoms. The van der Waals surface area contributed by atoms with Gasteiger partial charge in [-0.25, -0.2) is 0 Å². The zero-order valence-corrected chi connectivity index (χ0v) is 21.0. The van der Waals surface area contributed by atoms with Gasteiger partial charge in [-0.05, 0) is 53.1 Å². The molecule has 3 heterocycles. The molecule has 1 N–H and O–H groups in total. The summed E-state index contributed by atoms with van der Waals surface area (Å²) in [6.07, 6.45) is 10.5. The van der Waals surface area contributed by atoms with Gasteiger partial charge in [-0.1, -0.05) is 24.3 Å². The van der Waals surface area contributed by atoms with Gasteiger partial charge < -0.3 is 10.1 Å². The average Bonchev–Trinajstić information content (AvgIpc) is 3.42. The fourth-order valence-electron chi connectivity index (χ4n) is 4.32. The van der Waals surface area contributed by atoms with Crippen molar-refractivity contribution in [1.29, 1.82) is 5.26 Å². The van der Waals surface area contributed by atoms with Crippen molar-refractivity contribution in [2.75, 3.05) is 31.6 Å². The number of nitrogens with zero attached hydrogens (tertiary/aromatic N) is 5. The van der Waals surface area contributed by atoms with Gasteiger partial charge in [0.2, 0.25) is 5.91 Å². The largest absolute Gasteiger partial charge is 0.379 e. The van der Waals surface area contributed by atoms with E-state index in [0.29, 0.717) is 12.1 Å². The highest BCUT2D eigenvalue weighted by Crippen LogP contribution is 2.24. The van der Waals surface area contributed by atoms with E-state index in [-0.39, 0.29) is 5.91 Å². The van der Waals surface area contributed by atoms with Gasteiger partial charge in [-0.2, -0.15) is 10.4 Å². The molecule has 1 aliphatic heterocycles. The standard InChI is InChI=1S/C30H28N6O2/c31-17-23-1-3-25(4-2-23)21-36-22-27(19-33-36)29-11-12-32-18-26(29)7-10-30(37)34-28-8-5-24(6-9-28)20-35-13-15-38-16-14-35/h1-12,18-19,22H,13-16,20-21H2,(H,34,37). The first-order valence-corrected chi connectivity index (χ1v) is 12.5. The van der Waals surface area contributed by atoms with Crippen molar-refractivity contribution in [3.63, 3.8) is 0 Å². The van der Waals surface area contributed by atoms with Crippen molar-refractivity contribution in [3.8, 4) is 17.2 Å². The lowest BCUT2D eigenvalue weighted by Gasteiger charge is -2.26. The molecule has 1 fully saturated rings. The number of amides is 1. The van der Waals surface area contributed by atoms with Crippen molar-refractivity contribution in [2.24, 2.45) is 0 Å². The van der Waals surface area contributed by atoms with Crippen molar-refractivity contribution in [2.45, 2.75) is 13.1 Å². The summed E-state index contributed by atoms with van der Waals surface area (Å²) in [6, 6.07) is 19.4. The van der Waals surface area contributed by atoms with Crippen LogP contribution in [0.3, 0.4) is 0 Å². The lowest BCUT2D eigenvalue weighted by Crippen LogP contribution is -2.35. The van der Waals surface area contributed by atoms with Crippen LogP contribution < -0.4 is 5.32 Å². The average molecular weight is 505 g/mol.